The number of aromatic nitrogens is 3. The lowest BCUT2D eigenvalue weighted by molar-refractivity contribution is 0.390. The zero-order chi connectivity index (χ0) is 14.2. The van der Waals surface area contributed by atoms with Crippen molar-refractivity contribution in [2.24, 2.45) is 0 Å². The van der Waals surface area contributed by atoms with Crippen molar-refractivity contribution in [2.75, 3.05) is 0 Å². The smallest absolute Gasteiger partial charge is 0.165 e. The van der Waals surface area contributed by atoms with Crippen molar-refractivity contribution >= 4 is 27.5 Å². The van der Waals surface area contributed by atoms with Gasteiger partial charge in [-0.15, -0.1) is 21.8 Å². The number of nitrogens with zero attached hydrogens (tertiary/aromatic N) is 3. The van der Waals surface area contributed by atoms with Crippen LogP contribution < -0.4 is 0 Å². The molecule has 0 atom stereocenters. The minimum atomic E-state index is -0.326. The number of halogens is 3. The molecule has 0 spiro atoms. The van der Waals surface area contributed by atoms with Gasteiger partial charge in [-0.2, -0.15) is 0 Å². The summed E-state index contributed by atoms with van der Waals surface area (Å²) in [7, 11) is 0. The Balaban J connectivity index is 2.70. The van der Waals surface area contributed by atoms with Gasteiger partial charge in [0.15, 0.2) is 5.82 Å². The molecule has 2 rings (SSSR count). The quantitative estimate of drug-likeness (QED) is 0.757. The van der Waals surface area contributed by atoms with Gasteiger partial charge in [0.2, 0.25) is 0 Å². The second kappa shape index (κ2) is 5.21. The maximum Gasteiger partial charge on any atom is 0.165 e. The fourth-order valence-corrected chi connectivity index (χ4v) is 2.57. The Morgan fingerprint density at radius 1 is 1.32 bits per heavy atom. The normalized spacial score (nSPS) is 11.9. The molecule has 1 aromatic carbocycles. The van der Waals surface area contributed by atoms with Gasteiger partial charge < -0.3 is 4.57 Å². The van der Waals surface area contributed by atoms with Crippen molar-refractivity contribution in [1.82, 2.24) is 14.8 Å². The third-order valence-electron chi connectivity index (χ3n) is 2.71. The highest BCUT2D eigenvalue weighted by molar-refractivity contribution is 9.10. The van der Waals surface area contributed by atoms with E-state index in [2.05, 4.69) is 26.1 Å². The molecule has 19 heavy (non-hydrogen) atoms. The van der Waals surface area contributed by atoms with Crippen LogP contribution in [0.3, 0.4) is 0 Å². The van der Waals surface area contributed by atoms with Crippen molar-refractivity contribution in [3.8, 4) is 11.4 Å². The van der Waals surface area contributed by atoms with Crippen LogP contribution in [0.1, 0.15) is 26.6 Å². The van der Waals surface area contributed by atoms with Crippen molar-refractivity contribution < 1.29 is 4.39 Å². The van der Waals surface area contributed by atoms with Crippen LogP contribution in [0.2, 0.25) is 0 Å². The molecule has 0 saturated heterocycles. The van der Waals surface area contributed by atoms with Gasteiger partial charge in [-0.1, -0.05) is 6.07 Å². The molecule has 0 saturated carbocycles. The topological polar surface area (TPSA) is 30.7 Å². The Bertz CT molecular complexity index is 604. The third kappa shape index (κ3) is 2.67. The van der Waals surface area contributed by atoms with Crippen LogP contribution in [-0.2, 0) is 11.4 Å². The summed E-state index contributed by atoms with van der Waals surface area (Å²) in [6, 6.07) is 4.85. The van der Waals surface area contributed by atoms with E-state index in [0.717, 1.165) is 0 Å². The van der Waals surface area contributed by atoms with Crippen LogP contribution in [-0.4, -0.2) is 14.8 Å². The molecule has 0 amide bonds. The minimum absolute atomic E-state index is 0.241. The van der Waals surface area contributed by atoms with Gasteiger partial charge in [-0.25, -0.2) is 4.39 Å². The Kier molecular flexibility index (Phi) is 3.97. The van der Waals surface area contributed by atoms with E-state index >= 15 is 0 Å². The first-order valence-corrected chi connectivity index (χ1v) is 7.14. The van der Waals surface area contributed by atoms with Gasteiger partial charge in [0, 0.05) is 11.1 Å². The molecular formula is C13H14BrClFN3. The van der Waals surface area contributed by atoms with E-state index in [1.165, 1.54) is 6.07 Å². The van der Waals surface area contributed by atoms with Crippen LogP contribution in [0.25, 0.3) is 11.4 Å². The lowest BCUT2D eigenvalue weighted by Crippen LogP contribution is -2.25. The van der Waals surface area contributed by atoms with Crippen molar-refractivity contribution in [3.63, 3.8) is 0 Å². The molecule has 0 aliphatic rings. The van der Waals surface area contributed by atoms with Gasteiger partial charge in [-0.3, -0.25) is 0 Å². The molecule has 0 aliphatic carbocycles. The molecule has 0 unspecified atom stereocenters. The van der Waals surface area contributed by atoms with Crippen molar-refractivity contribution in [2.45, 2.75) is 32.2 Å². The average molecular weight is 347 g/mol. The zero-order valence-electron chi connectivity index (χ0n) is 10.9. The summed E-state index contributed by atoms with van der Waals surface area (Å²) >= 11 is 9.16. The lowest BCUT2D eigenvalue weighted by atomic mass is 10.1. The van der Waals surface area contributed by atoms with E-state index in [4.69, 9.17) is 11.6 Å². The lowest BCUT2D eigenvalue weighted by Gasteiger charge is -2.24. The van der Waals surface area contributed by atoms with Gasteiger partial charge >= 0.3 is 0 Å². The summed E-state index contributed by atoms with van der Waals surface area (Å²) in [5, 5.41) is 8.24. The highest BCUT2D eigenvalue weighted by atomic mass is 79.9. The number of hydrogen-bond acceptors (Lipinski definition) is 2. The number of rotatable bonds is 2. The van der Waals surface area contributed by atoms with Gasteiger partial charge in [0.25, 0.3) is 0 Å². The average Bonchev–Trinajstić information content (AvgIpc) is 2.76. The molecule has 1 heterocycles. The Hall–Kier alpha value is -0.940. The third-order valence-corrected chi connectivity index (χ3v) is 3.76. The van der Waals surface area contributed by atoms with E-state index < -0.39 is 0 Å². The first-order chi connectivity index (χ1) is 8.86. The van der Waals surface area contributed by atoms with Crippen LogP contribution in [0.15, 0.2) is 22.7 Å². The Labute approximate surface area is 124 Å². The fourth-order valence-electron chi connectivity index (χ4n) is 1.96. The molecular weight excluding hydrogens is 333 g/mol. The van der Waals surface area contributed by atoms with E-state index in [1.54, 1.807) is 12.1 Å². The number of alkyl halides is 1. The summed E-state index contributed by atoms with van der Waals surface area (Å²) in [5.41, 5.74) is 0.424. The molecule has 0 radical (unpaired) electrons. The Morgan fingerprint density at radius 2 is 2.00 bits per heavy atom. The molecule has 0 bridgehead atoms. The zero-order valence-corrected chi connectivity index (χ0v) is 13.3. The highest BCUT2D eigenvalue weighted by Gasteiger charge is 2.25. The monoisotopic (exact) mass is 345 g/mol. The summed E-state index contributed by atoms with van der Waals surface area (Å²) in [6.07, 6.45) is 0. The SMILES string of the molecule is CC(C)(C)n1c(CCl)nnc1-c1cccc(F)c1Br. The van der Waals surface area contributed by atoms with E-state index in [1.807, 2.05) is 25.3 Å². The van der Waals surface area contributed by atoms with E-state index in [0.29, 0.717) is 21.7 Å². The van der Waals surface area contributed by atoms with Crippen molar-refractivity contribution in [1.29, 1.82) is 0 Å². The second-order valence-corrected chi connectivity index (χ2v) is 6.24. The molecule has 0 aliphatic heterocycles. The molecule has 1 aromatic heterocycles. The Morgan fingerprint density at radius 3 is 2.58 bits per heavy atom. The minimum Gasteiger partial charge on any atom is -0.305 e. The molecule has 2 aromatic rings. The fraction of sp³-hybridized carbons (Fsp3) is 0.385. The number of hydrogen-bond donors (Lipinski definition) is 0. The first kappa shape index (κ1) is 14.5. The molecule has 102 valence electrons. The molecule has 6 heteroatoms. The van der Waals surface area contributed by atoms with Gasteiger partial charge in [0.1, 0.15) is 11.6 Å². The first-order valence-electron chi connectivity index (χ1n) is 5.81. The van der Waals surface area contributed by atoms with Gasteiger partial charge in [-0.05, 0) is 48.8 Å². The maximum absolute atomic E-state index is 13.7. The molecule has 0 N–H and O–H groups in total. The largest absolute Gasteiger partial charge is 0.305 e. The molecule has 3 nitrogen and oxygen atoms in total. The molecule has 0 fully saturated rings. The predicted molar refractivity (Wildman–Crippen MR) is 77.7 cm³/mol. The van der Waals surface area contributed by atoms with Gasteiger partial charge in [0.05, 0.1) is 10.4 Å². The van der Waals surface area contributed by atoms with Crippen LogP contribution >= 0.6 is 27.5 Å². The van der Waals surface area contributed by atoms with E-state index in [-0.39, 0.29) is 17.2 Å². The summed E-state index contributed by atoms with van der Waals surface area (Å²) in [4.78, 5) is 0. The van der Waals surface area contributed by atoms with Crippen molar-refractivity contribution in [3.05, 3.63) is 34.3 Å². The van der Waals surface area contributed by atoms with Crippen LogP contribution in [0.5, 0.6) is 0 Å². The summed E-state index contributed by atoms with van der Waals surface area (Å²) in [5.74, 6) is 1.21. The maximum atomic E-state index is 13.7. The van der Waals surface area contributed by atoms with E-state index in [9.17, 15) is 4.39 Å². The predicted octanol–water partition coefficient (Wildman–Crippen LogP) is 4.34. The number of benzene rings is 1. The summed E-state index contributed by atoms with van der Waals surface area (Å²) in [6.45, 7) is 6.09. The standard InChI is InChI=1S/C13H14BrClFN3/c1-13(2,3)19-10(7-15)17-18-12(19)8-5-4-6-9(16)11(8)14/h4-6H,7H2,1-3H3. The highest BCUT2D eigenvalue weighted by Crippen LogP contribution is 2.32. The van der Waals surface area contributed by atoms with Crippen LogP contribution in [0.4, 0.5) is 4.39 Å². The van der Waals surface area contributed by atoms with Crippen LogP contribution in [0, 0.1) is 5.82 Å². The summed E-state index contributed by atoms with van der Waals surface area (Å²) < 4.78 is 16.0. The second-order valence-electron chi connectivity index (χ2n) is 5.18.